The van der Waals surface area contributed by atoms with Gasteiger partial charge in [0, 0.05) is 10.7 Å². The zero-order valence-electron chi connectivity index (χ0n) is 6.75. The van der Waals surface area contributed by atoms with E-state index in [2.05, 4.69) is 13.8 Å². The maximum atomic E-state index is 10.8. The predicted octanol–water partition coefficient (Wildman–Crippen LogP) is 1.99. The second-order valence-electron chi connectivity index (χ2n) is 3.64. The lowest BCUT2D eigenvalue weighted by molar-refractivity contribution is 0.537. The molecule has 0 aliphatic heterocycles. The SMILES string of the molecule is CC(C)CC1CC1S(=O)(=O)Cl. The van der Waals surface area contributed by atoms with Crippen molar-refractivity contribution in [1.82, 2.24) is 0 Å². The minimum absolute atomic E-state index is 0.244. The van der Waals surface area contributed by atoms with Crippen molar-refractivity contribution in [2.75, 3.05) is 0 Å². The molecule has 1 rings (SSSR count). The molecule has 0 aromatic carbocycles. The Hall–Kier alpha value is 0.240. The van der Waals surface area contributed by atoms with Gasteiger partial charge in [-0.05, 0) is 24.7 Å². The first kappa shape index (κ1) is 9.33. The van der Waals surface area contributed by atoms with Gasteiger partial charge in [-0.3, -0.25) is 0 Å². The fraction of sp³-hybridized carbons (Fsp3) is 1.00. The van der Waals surface area contributed by atoms with E-state index in [0.29, 0.717) is 11.8 Å². The molecule has 1 fully saturated rings. The van der Waals surface area contributed by atoms with Crippen molar-refractivity contribution in [3.8, 4) is 0 Å². The first-order chi connectivity index (χ1) is 4.91. The average Bonchev–Trinajstić information content (AvgIpc) is 2.40. The predicted molar refractivity (Wildman–Crippen MR) is 46.1 cm³/mol. The molecule has 66 valence electrons. The molecule has 2 nitrogen and oxygen atoms in total. The van der Waals surface area contributed by atoms with Gasteiger partial charge in [0.05, 0.1) is 5.25 Å². The molecule has 0 amide bonds. The Morgan fingerprint density at radius 1 is 1.55 bits per heavy atom. The molecular formula is C7H13ClO2S. The van der Waals surface area contributed by atoms with Gasteiger partial charge < -0.3 is 0 Å². The molecule has 1 aliphatic carbocycles. The molecule has 0 aromatic heterocycles. The van der Waals surface area contributed by atoms with Gasteiger partial charge >= 0.3 is 0 Å². The zero-order valence-corrected chi connectivity index (χ0v) is 8.32. The highest BCUT2D eigenvalue weighted by atomic mass is 35.7. The van der Waals surface area contributed by atoms with E-state index in [4.69, 9.17) is 10.7 Å². The lowest BCUT2D eigenvalue weighted by Crippen LogP contribution is -2.01. The Kier molecular flexibility index (Phi) is 2.49. The van der Waals surface area contributed by atoms with Crippen LogP contribution in [0.4, 0.5) is 0 Å². The van der Waals surface area contributed by atoms with Crippen LogP contribution in [0.1, 0.15) is 26.7 Å². The van der Waals surface area contributed by atoms with Crippen molar-refractivity contribution in [3.63, 3.8) is 0 Å². The second kappa shape index (κ2) is 2.94. The van der Waals surface area contributed by atoms with Gasteiger partial charge in [-0.2, -0.15) is 0 Å². The molecule has 1 aliphatic rings. The summed E-state index contributed by atoms with van der Waals surface area (Å²) in [5.41, 5.74) is 0. The summed E-state index contributed by atoms with van der Waals surface area (Å²) in [6.07, 6.45) is 1.75. The monoisotopic (exact) mass is 196 g/mol. The summed E-state index contributed by atoms with van der Waals surface area (Å²) in [6, 6.07) is 0. The lowest BCUT2D eigenvalue weighted by Gasteiger charge is -2.00. The van der Waals surface area contributed by atoms with Crippen molar-refractivity contribution in [3.05, 3.63) is 0 Å². The van der Waals surface area contributed by atoms with Crippen LogP contribution in [0.25, 0.3) is 0 Å². The van der Waals surface area contributed by atoms with E-state index in [0.717, 1.165) is 12.8 Å². The first-order valence-corrected chi connectivity index (χ1v) is 6.22. The zero-order chi connectivity index (χ0) is 8.65. The van der Waals surface area contributed by atoms with Crippen molar-refractivity contribution in [1.29, 1.82) is 0 Å². The van der Waals surface area contributed by atoms with Gasteiger partial charge in [0.2, 0.25) is 9.05 Å². The summed E-state index contributed by atoms with van der Waals surface area (Å²) in [4.78, 5) is 0. The first-order valence-electron chi connectivity index (χ1n) is 3.84. The highest BCUT2D eigenvalue weighted by molar-refractivity contribution is 8.14. The van der Waals surface area contributed by atoms with Crippen molar-refractivity contribution >= 4 is 19.7 Å². The van der Waals surface area contributed by atoms with Crippen LogP contribution in [0.15, 0.2) is 0 Å². The topological polar surface area (TPSA) is 34.1 Å². The van der Waals surface area contributed by atoms with Crippen LogP contribution in [-0.4, -0.2) is 13.7 Å². The largest absolute Gasteiger partial charge is 0.235 e. The minimum Gasteiger partial charge on any atom is -0.212 e. The summed E-state index contributed by atoms with van der Waals surface area (Å²) < 4.78 is 21.5. The number of halogens is 1. The molecule has 0 aromatic rings. The van der Waals surface area contributed by atoms with Gasteiger partial charge in [0.25, 0.3) is 0 Å². The Morgan fingerprint density at radius 2 is 2.09 bits per heavy atom. The van der Waals surface area contributed by atoms with Gasteiger partial charge in [-0.15, -0.1) is 0 Å². The van der Waals surface area contributed by atoms with E-state index < -0.39 is 9.05 Å². The van der Waals surface area contributed by atoms with Crippen LogP contribution in [0.5, 0.6) is 0 Å². The summed E-state index contributed by atoms with van der Waals surface area (Å²) in [6.45, 7) is 4.19. The smallest absolute Gasteiger partial charge is 0.212 e. The molecule has 2 unspecified atom stereocenters. The Balaban J connectivity index is 2.39. The molecule has 0 spiro atoms. The quantitative estimate of drug-likeness (QED) is 0.647. The van der Waals surface area contributed by atoms with E-state index >= 15 is 0 Å². The lowest BCUT2D eigenvalue weighted by atomic mass is 10.1. The van der Waals surface area contributed by atoms with Gasteiger partial charge in [0.1, 0.15) is 0 Å². The van der Waals surface area contributed by atoms with E-state index in [1.165, 1.54) is 0 Å². The summed E-state index contributed by atoms with van der Waals surface area (Å²) >= 11 is 0. The van der Waals surface area contributed by atoms with Crippen LogP contribution >= 0.6 is 10.7 Å². The number of rotatable bonds is 3. The molecule has 0 N–H and O–H groups in total. The highest BCUT2D eigenvalue weighted by Gasteiger charge is 2.46. The number of hydrogen-bond acceptors (Lipinski definition) is 2. The van der Waals surface area contributed by atoms with Crippen LogP contribution in [0.3, 0.4) is 0 Å². The molecule has 4 heteroatoms. The summed E-state index contributed by atoms with van der Waals surface area (Å²) in [5, 5.41) is -0.244. The molecule has 0 heterocycles. The van der Waals surface area contributed by atoms with E-state index in [9.17, 15) is 8.42 Å². The third-order valence-electron chi connectivity index (χ3n) is 1.99. The maximum absolute atomic E-state index is 10.8. The fourth-order valence-electron chi connectivity index (χ4n) is 1.42. The molecular weight excluding hydrogens is 184 g/mol. The summed E-state index contributed by atoms with van der Waals surface area (Å²) in [7, 11) is 1.93. The molecule has 0 bridgehead atoms. The Bertz CT molecular complexity index is 233. The average molecular weight is 197 g/mol. The van der Waals surface area contributed by atoms with Gasteiger partial charge in [0.15, 0.2) is 0 Å². The molecule has 0 radical (unpaired) electrons. The molecule has 1 saturated carbocycles. The van der Waals surface area contributed by atoms with Crippen molar-refractivity contribution < 1.29 is 8.42 Å². The highest BCUT2D eigenvalue weighted by Crippen LogP contribution is 2.43. The molecule has 2 atom stereocenters. The standard InChI is InChI=1S/C7H13ClO2S/c1-5(2)3-6-4-7(6)11(8,9)10/h5-7H,3-4H2,1-2H3. The van der Waals surface area contributed by atoms with Crippen LogP contribution in [0.2, 0.25) is 0 Å². The molecule has 11 heavy (non-hydrogen) atoms. The van der Waals surface area contributed by atoms with Gasteiger partial charge in [-0.25, -0.2) is 8.42 Å². The molecule has 0 saturated heterocycles. The number of hydrogen-bond donors (Lipinski definition) is 0. The van der Waals surface area contributed by atoms with Crippen molar-refractivity contribution in [2.45, 2.75) is 31.9 Å². The second-order valence-corrected chi connectivity index (χ2v) is 6.49. The third-order valence-corrected chi connectivity index (χ3v) is 3.98. The van der Waals surface area contributed by atoms with Crippen molar-refractivity contribution in [2.24, 2.45) is 11.8 Å². The van der Waals surface area contributed by atoms with E-state index in [-0.39, 0.29) is 5.25 Å². The normalized spacial score (nSPS) is 30.9. The fourth-order valence-corrected chi connectivity index (χ4v) is 3.12. The third kappa shape index (κ3) is 2.64. The van der Waals surface area contributed by atoms with Gasteiger partial charge in [-0.1, -0.05) is 13.8 Å². The van der Waals surface area contributed by atoms with Crippen LogP contribution in [0, 0.1) is 11.8 Å². The minimum atomic E-state index is -3.25. The van der Waals surface area contributed by atoms with E-state index in [1.54, 1.807) is 0 Å². The Morgan fingerprint density at radius 3 is 2.36 bits per heavy atom. The Labute approximate surface area is 72.4 Å². The van der Waals surface area contributed by atoms with E-state index in [1.807, 2.05) is 0 Å². The van der Waals surface area contributed by atoms with Crippen LogP contribution < -0.4 is 0 Å². The maximum Gasteiger partial charge on any atom is 0.235 e. The summed E-state index contributed by atoms with van der Waals surface area (Å²) in [5.74, 6) is 0.904. The van der Waals surface area contributed by atoms with Crippen LogP contribution in [-0.2, 0) is 9.05 Å².